The van der Waals surface area contributed by atoms with Crippen LogP contribution >= 0.6 is 0 Å². The highest BCUT2D eigenvalue weighted by molar-refractivity contribution is 5.91. The van der Waals surface area contributed by atoms with E-state index in [1.54, 1.807) is 18.2 Å². The van der Waals surface area contributed by atoms with E-state index in [4.69, 9.17) is 10.00 Å². The van der Waals surface area contributed by atoms with Gasteiger partial charge in [0.25, 0.3) is 5.91 Å². The third-order valence-electron chi connectivity index (χ3n) is 3.52. The maximum absolute atomic E-state index is 12.0. The maximum Gasteiger partial charge on any atom is 0.262 e. The number of amides is 1. The second-order valence-corrected chi connectivity index (χ2v) is 5.71. The molecular formula is C19H20N2O2. The topological polar surface area (TPSA) is 62.1 Å². The molecule has 4 nitrogen and oxygen atoms in total. The first-order chi connectivity index (χ1) is 11.0. The van der Waals surface area contributed by atoms with Crippen molar-refractivity contribution < 1.29 is 9.53 Å². The number of carbonyl (C=O) groups excluding carboxylic acids is 1. The molecule has 0 spiro atoms. The summed E-state index contributed by atoms with van der Waals surface area (Å²) in [5.41, 5.74) is 3.38. The van der Waals surface area contributed by atoms with Crippen LogP contribution in [0.1, 0.15) is 36.5 Å². The Labute approximate surface area is 136 Å². The number of carbonyl (C=O) groups is 1. The molecule has 0 bridgehead atoms. The zero-order valence-electron chi connectivity index (χ0n) is 13.6. The van der Waals surface area contributed by atoms with Gasteiger partial charge in [-0.05, 0) is 54.3 Å². The molecular weight excluding hydrogens is 288 g/mol. The molecule has 0 unspecified atom stereocenters. The molecule has 1 N–H and O–H groups in total. The van der Waals surface area contributed by atoms with Crippen molar-refractivity contribution >= 4 is 11.6 Å². The summed E-state index contributed by atoms with van der Waals surface area (Å²) in [4.78, 5) is 12.0. The third-order valence-corrected chi connectivity index (χ3v) is 3.52. The van der Waals surface area contributed by atoms with Crippen molar-refractivity contribution in [2.75, 3.05) is 11.9 Å². The van der Waals surface area contributed by atoms with E-state index in [0.29, 0.717) is 17.2 Å². The van der Waals surface area contributed by atoms with Gasteiger partial charge in [-0.3, -0.25) is 4.79 Å². The molecule has 118 valence electrons. The minimum Gasteiger partial charge on any atom is -0.483 e. The molecule has 1 amide bonds. The van der Waals surface area contributed by atoms with Crippen molar-refractivity contribution in [2.24, 2.45) is 0 Å². The van der Waals surface area contributed by atoms with Crippen molar-refractivity contribution in [3.63, 3.8) is 0 Å². The SMILES string of the molecule is Cc1cc(C#N)ccc1OCC(=O)Nc1ccc(C(C)C)cc1. The van der Waals surface area contributed by atoms with Crippen LogP contribution in [0.2, 0.25) is 0 Å². The van der Waals surface area contributed by atoms with Crippen molar-refractivity contribution in [1.29, 1.82) is 5.26 Å². The second-order valence-electron chi connectivity index (χ2n) is 5.71. The predicted molar refractivity (Wildman–Crippen MR) is 90.5 cm³/mol. The highest BCUT2D eigenvalue weighted by Gasteiger charge is 2.07. The van der Waals surface area contributed by atoms with E-state index in [0.717, 1.165) is 11.3 Å². The summed E-state index contributed by atoms with van der Waals surface area (Å²) in [6.45, 7) is 6.03. The van der Waals surface area contributed by atoms with E-state index in [9.17, 15) is 4.79 Å². The molecule has 2 rings (SSSR count). The number of benzene rings is 2. The van der Waals surface area contributed by atoms with Crippen molar-refractivity contribution in [2.45, 2.75) is 26.7 Å². The Hall–Kier alpha value is -2.80. The molecule has 0 fully saturated rings. The number of nitriles is 1. The molecule has 4 heteroatoms. The van der Waals surface area contributed by atoms with E-state index in [2.05, 4.69) is 25.2 Å². The molecule has 0 saturated heterocycles. The molecule has 23 heavy (non-hydrogen) atoms. The molecule has 0 aliphatic carbocycles. The smallest absolute Gasteiger partial charge is 0.262 e. The molecule has 0 aliphatic rings. The first kappa shape index (κ1) is 16.6. The Morgan fingerprint density at radius 2 is 1.91 bits per heavy atom. The number of hydrogen-bond acceptors (Lipinski definition) is 3. The number of hydrogen-bond donors (Lipinski definition) is 1. The second kappa shape index (κ2) is 7.46. The van der Waals surface area contributed by atoms with Gasteiger partial charge in [-0.15, -0.1) is 0 Å². The zero-order valence-corrected chi connectivity index (χ0v) is 13.6. The summed E-state index contributed by atoms with van der Waals surface area (Å²) in [5.74, 6) is 0.850. The normalized spacial score (nSPS) is 10.2. The lowest BCUT2D eigenvalue weighted by Crippen LogP contribution is -2.20. The lowest BCUT2D eigenvalue weighted by molar-refractivity contribution is -0.118. The standard InChI is InChI=1S/C19H20N2O2/c1-13(2)16-5-7-17(8-6-16)21-19(22)12-23-18-9-4-15(11-20)10-14(18)3/h4-10,13H,12H2,1-3H3,(H,21,22). The Morgan fingerprint density at radius 1 is 1.22 bits per heavy atom. The van der Waals surface area contributed by atoms with Crippen LogP contribution in [0.15, 0.2) is 42.5 Å². The summed E-state index contributed by atoms with van der Waals surface area (Å²) in [7, 11) is 0. The van der Waals surface area contributed by atoms with Gasteiger partial charge in [-0.25, -0.2) is 0 Å². The van der Waals surface area contributed by atoms with Crippen LogP contribution in [0, 0.1) is 18.3 Å². The van der Waals surface area contributed by atoms with E-state index in [1.165, 1.54) is 5.56 Å². The number of aryl methyl sites for hydroxylation is 1. The van der Waals surface area contributed by atoms with Crippen molar-refractivity contribution in [3.05, 3.63) is 59.2 Å². The number of rotatable bonds is 5. The zero-order chi connectivity index (χ0) is 16.8. The summed E-state index contributed by atoms with van der Waals surface area (Å²) in [6.07, 6.45) is 0. The van der Waals surface area contributed by atoms with Gasteiger partial charge in [0.2, 0.25) is 0 Å². The van der Waals surface area contributed by atoms with Crippen LogP contribution < -0.4 is 10.1 Å². The van der Waals surface area contributed by atoms with Crippen LogP contribution in [0.3, 0.4) is 0 Å². The number of nitrogens with zero attached hydrogens (tertiary/aromatic N) is 1. The molecule has 0 atom stereocenters. The quantitative estimate of drug-likeness (QED) is 0.908. The van der Waals surface area contributed by atoms with Gasteiger partial charge in [0.15, 0.2) is 6.61 Å². The lowest BCUT2D eigenvalue weighted by atomic mass is 10.0. The Morgan fingerprint density at radius 3 is 2.48 bits per heavy atom. The highest BCUT2D eigenvalue weighted by Crippen LogP contribution is 2.19. The fraction of sp³-hybridized carbons (Fsp3) is 0.263. The fourth-order valence-corrected chi connectivity index (χ4v) is 2.17. The fourth-order valence-electron chi connectivity index (χ4n) is 2.17. The lowest BCUT2D eigenvalue weighted by Gasteiger charge is -2.11. The Balaban J connectivity index is 1.91. The van der Waals surface area contributed by atoms with Gasteiger partial charge in [0.05, 0.1) is 11.6 Å². The van der Waals surface area contributed by atoms with Gasteiger partial charge in [0, 0.05) is 5.69 Å². The van der Waals surface area contributed by atoms with Gasteiger partial charge in [-0.2, -0.15) is 5.26 Å². The minimum atomic E-state index is -0.217. The summed E-state index contributed by atoms with van der Waals surface area (Å²) in [5, 5.41) is 11.6. The first-order valence-corrected chi connectivity index (χ1v) is 7.53. The van der Waals surface area contributed by atoms with E-state index in [1.807, 2.05) is 31.2 Å². The van der Waals surface area contributed by atoms with E-state index < -0.39 is 0 Å². The molecule has 0 heterocycles. The van der Waals surface area contributed by atoms with Gasteiger partial charge >= 0.3 is 0 Å². The molecule has 0 radical (unpaired) electrons. The highest BCUT2D eigenvalue weighted by atomic mass is 16.5. The van der Waals surface area contributed by atoms with Gasteiger partial charge < -0.3 is 10.1 Å². The molecule has 2 aromatic rings. The number of nitrogens with one attached hydrogen (secondary N) is 1. The summed E-state index contributed by atoms with van der Waals surface area (Å²) >= 11 is 0. The molecule has 0 saturated carbocycles. The molecule has 0 aromatic heterocycles. The van der Waals surface area contributed by atoms with Crippen molar-refractivity contribution in [1.82, 2.24) is 0 Å². The first-order valence-electron chi connectivity index (χ1n) is 7.53. The Kier molecular flexibility index (Phi) is 5.37. The minimum absolute atomic E-state index is 0.0708. The summed E-state index contributed by atoms with van der Waals surface area (Å²) in [6, 6.07) is 15.0. The van der Waals surface area contributed by atoms with Crippen LogP contribution in [0.5, 0.6) is 5.75 Å². The molecule has 0 aliphatic heterocycles. The predicted octanol–water partition coefficient (Wildman–Crippen LogP) is 4.01. The van der Waals surface area contributed by atoms with Crippen molar-refractivity contribution in [3.8, 4) is 11.8 Å². The van der Waals surface area contributed by atoms with Crippen LogP contribution in [0.25, 0.3) is 0 Å². The van der Waals surface area contributed by atoms with Crippen LogP contribution in [0.4, 0.5) is 5.69 Å². The average molecular weight is 308 g/mol. The van der Waals surface area contributed by atoms with E-state index in [-0.39, 0.29) is 12.5 Å². The van der Waals surface area contributed by atoms with Crippen LogP contribution in [-0.4, -0.2) is 12.5 Å². The molecule has 2 aromatic carbocycles. The van der Waals surface area contributed by atoms with E-state index >= 15 is 0 Å². The summed E-state index contributed by atoms with van der Waals surface area (Å²) < 4.78 is 5.51. The number of anilines is 1. The third kappa shape index (κ3) is 4.58. The largest absolute Gasteiger partial charge is 0.483 e. The van der Waals surface area contributed by atoms with Gasteiger partial charge in [-0.1, -0.05) is 26.0 Å². The maximum atomic E-state index is 12.0. The average Bonchev–Trinajstić information content (AvgIpc) is 2.54. The van der Waals surface area contributed by atoms with Gasteiger partial charge in [0.1, 0.15) is 5.75 Å². The van der Waals surface area contributed by atoms with Crippen LogP contribution in [-0.2, 0) is 4.79 Å². The number of ether oxygens (including phenoxy) is 1. The Bertz CT molecular complexity index is 728. The monoisotopic (exact) mass is 308 g/mol.